The van der Waals surface area contributed by atoms with Gasteiger partial charge < -0.3 is 19.9 Å². The number of methoxy groups -OCH3 is 1. The second-order valence-electron chi connectivity index (χ2n) is 8.27. The van der Waals surface area contributed by atoms with Crippen LogP contribution < -0.4 is 10.1 Å². The van der Waals surface area contributed by atoms with E-state index in [9.17, 15) is 9.18 Å². The molecule has 0 spiro atoms. The number of fused-ring (bicyclic) bond motifs is 3. The fraction of sp³-hybridized carbons (Fsp3) is 0.222. The van der Waals surface area contributed by atoms with Crippen molar-refractivity contribution >= 4 is 22.6 Å². The molecule has 0 bridgehead atoms. The molecule has 2 N–H and O–H groups in total. The molecule has 0 saturated carbocycles. The first-order valence-corrected chi connectivity index (χ1v) is 11.2. The number of rotatable bonds is 4. The number of nitrogens with one attached hydrogen (secondary N) is 2. The zero-order chi connectivity index (χ0) is 22.9. The number of carbonyl (C=O) groups excluding carboxylic acids is 1. The van der Waals surface area contributed by atoms with E-state index in [2.05, 4.69) is 17.2 Å². The maximum atomic E-state index is 13.7. The minimum atomic E-state index is -0.360. The number of anilines is 1. The number of aromatic amines is 1. The lowest BCUT2D eigenvalue weighted by atomic mass is 9.92. The number of halogens is 1. The molecule has 0 aliphatic carbocycles. The zero-order valence-corrected chi connectivity index (χ0v) is 18.7. The fourth-order valence-electron chi connectivity index (χ4n) is 4.74. The molecule has 1 unspecified atom stereocenters. The van der Waals surface area contributed by atoms with Crippen LogP contribution in [-0.4, -0.2) is 29.6 Å². The average Bonchev–Trinajstić information content (AvgIpc) is 3.22. The first-order valence-electron chi connectivity index (χ1n) is 11.2. The molecular weight excluding hydrogens is 417 g/mol. The Morgan fingerprint density at radius 2 is 1.94 bits per heavy atom. The molecule has 168 valence electrons. The molecule has 1 atom stereocenters. The molecule has 0 radical (unpaired) electrons. The third kappa shape index (κ3) is 3.82. The van der Waals surface area contributed by atoms with Gasteiger partial charge in [0.2, 0.25) is 0 Å². The Bertz CT molecular complexity index is 1310. The molecule has 1 aromatic heterocycles. The lowest BCUT2D eigenvalue weighted by molar-refractivity contribution is 0.193. The van der Waals surface area contributed by atoms with Crippen molar-refractivity contribution in [3.05, 3.63) is 94.9 Å². The first-order chi connectivity index (χ1) is 16.1. The van der Waals surface area contributed by atoms with Gasteiger partial charge in [-0.15, -0.1) is 0 Å². The number of ether oxygens (including phenoxy) is 1. The summed E-state index contributed by atoms with van der Waals surface area (Å²) in [6, 6.07) is 19.6. The smallest absolute Gasteiger partial charge is 0.322 e. The molecular formula is C27H26FN3O2. The maximum Gasteiger partial charge on any atom is 0.322 e. The van der Waals surface area contributed by atoms with Gasteiger partial charge in [-0.2, -0.15) is 0 Å². The van der Waals surface area contributed by atoms with E-state index in [4.69, 9.17) is 4.74 Å². The van der Waals surface area contributed by atoms with E-state index >= 15 is 0 Å². The van der Waals surface area contributed by atoms with Crippen LogP contribution in [0, 0.1) is 5.82 Å². The molecule has 1 aliphatic heterocycles. The Morgan fingerprint density at radius 3 is 2.70 bits per heavy atom. The lowest BCUT2D eigenvalue weighted by Crippen LogP contribution is -2.43. The minimum absolute atomic E-state index is 0.174. The number of hydrogen-bond acceptors (Lipinski definition) is 2. The zero-order valence-electron chi connectivity index (χ0n) is 18.7. The van der Waals surface area contributed by atoms with Crippen molar-refractivity contribution in [2.75, 3.05) is 19.0 Å². The monoisotopic (exact) mass is 443 g/mol. The van der Waals surface area contributed by atoms with Crippen molar-refractivity contribution < 1.29 is 13.9 Å². The van der Waals surface area contributed by atoms with E-state index in [1.165, 1.54) is 12.1 Å². The number of carbonyl (C=O) groups is 1. The van der Waals surface area contributed by atoms with Crippen molar-refractivity contribution in [2.45, 2.75) is 25.8 Å². The lowest BCUT2D eigenvalue weighted by Gasteiger charge is -2.36. The van der Waals surface area contributed by atoms with Gasteiger partial charge in [0.05, 0.1) is 13.2 Å². The molecule has 2 heterocycles. The minimum Gasteiger partial charge on any atom is -0.497 e. The number of benzene rings is 3. The molecule has 5 rings (SSSR count). The standard InChI is InChI=1S/C27H26FN3O2/c1-3-17-6-4-5-7-23(17)30-27(32)31-15-14-21-22-16-20(33-2)12-13-24(22)29-25(21)26(31)18-8-10-19(28)11-9-18/h4-13,16,26,29H,3,14-15H2,1-2H3,(H,30,32). The van der Waals surface area contributed by atoms with Gasteiger partial charge in [-0.1, -0.05) is 37.3 Å². The SMILES string of the molecule is CCc1ccccc1NC(=O)N1CCc2c([nH]c3ccc(OC)cc23)C1c1ccc(F)cc1. The quantitative estimate of drug-likeness (QED) is 0.403. The summed E-state index contributed by atoms with van der Waals surface area (Å²) in [4.78, 5) is 18.9. The summed E-state index contributed by atoms with van der Waals surface area (Å²) >= 11 is 0. The number of urea groups is 1. The number of aromatic nitrogens is 1. The van der Waals surface area contributed by atoms with E-state index in [0.717, 1.165) is 51.1 Å². The van der Waals surface area contributed by atoms with Crippen molar-refractivity contribution in [3.8, 4) is 5.75 Å². The van der Waals surface area contributed by atoms with Crippen LogP contribution in [0.1, 0.15) is 35.3 Å². The molecule has 5 nitrogen and oxygen atoms in total. The predicted octanol–water partition coefficient (Wildman–Crippen LogP) is 6.06. The molecule has 3 aromatic carbocycles. The second kappa shape index (κ2) is 8.62. The summed E-state index contributed by atoms with van der Waals surface area (Å²) in [6.45, 7) is 2.61. The van der Waals surface area contributed by atoms with Crippen LogP contribution >= 0.6 is 0 Å². The molecule has 0 saturated heterocycles. The van der Waals surface area contributed by atoms with Gasteiger partial charge >= 0.3 is 6.03 Å². The summed E-state index contributed by atoms with van der Waals surface area (Å²) in [5.74, 6) is 0.489. The molecule has 2 amide bonds. The predicted molar refractivity (Wildman–Crippen MR) is 128 cm³/mol. The number of aryl methyl sites for hydroxylation is 1. The van der Waals surface area contributed by atoms with Crippen LogP contribution in [0.15, 0.2) is 66.7 Å². The van der Waals surface area contributed by atoms with Gasteiger partial charge in [0.15, 0.2) is 0 Å². The van der Waals surface area contributed by atoms with Gasteiger partial charge in [-0.25, -0.2) is 9.18 Å². The van der Waals surface area contributed by atoms with Crippen molar-refractivity contribution in [1.29, 1.82) is 0 Å². The number of H-pyrrole nitrogens is 1. The normalized spacial score (nSPS) is 15.4. The molecule has 6 heteroatoms. The van der Waals surface area contributed by atoms with Crippen LogP contribution in [-0.2, 0) is 12.8 Å². The van der Waals surface area contributed by atoms with Gasteiger partial charge in [0.1, 0.15) is 11.6 Å². The van der Waals surface area contributed by atoms with Crippen molar-refractivity contribution in [3.63, 3.8) is 0 Å². The van der Waals surface area contributed by atoms with Crippen LogP contribution in [0.5, 0.6) is 5.75 Å². The number of para-hydroxylation sites is 1. The Balaban J connectivity index is 1.58. The third-order valence-corrected chi connectivity index (χ3v) is 6.42. The van der Waals surface area contributed by atoms with Crippen LogP contribution in [0.2, 0.25) is 0 Å². The highest BCUT2D eigenvalue weighted by atomic mass is 19.1. The highest BCUT2D eigenvalue weighted by Gasteiger charge is 2.35. The second-order valence-corrected chi connectivity index (χ2v) is 8.27. The number of hydrogen-bond donors (Lipinski definition) is 2. The molecule has 0 fully saturated rings. The van der Waals surface area contributed by atoms with E-state index < -0.39 is 0 Å². The summed E-state index contributed by atoms with van der Waals surface area (Å²) in [5, 5.41) is 4.19. The van der Waals surface area contributed by atoms with Crippen molar-refractivity contribution in [1.82, 2.24) is 9.88 Å². The van der Waals surface area contributed by atoms with Gasteiger partial charge in [0, 0.05) is 28.8 Å². The Morgan fingerprint density at radius 1 is 1.15 bits per heavy atom. The Kier molecular flexibility index (Phi) is 5.50. The van der Waals surface area contributed by atoms with Gasteiger partial charge in [-0.3, -0.25) is 0 Å². The summed E-state index contributed by atoms with van der Waals surface area (Å²) in [6.07, 6.45) is 1.54. The van der Waals surface area contributed by atoms with E-state index in [-0.39, 0.29) is 17.9 Å². The maximum absolute atomic E-state index is 13.7. The van der Waals surface area contributed by atoms with Gasteiger partial charge in [0.25, 0.3) is 0 Å². The average molecular weight is 444 g/mol. The topological polar surface area (TPSA) is 57.4 Å². The van der Waals surface area contributed by atoms with Crippen LogP contribution in [0.25, 0.3) is 10.9 Å². The van der Waals surface area contributed by atoms with Crippen molar-refractivity contribution in [2.24, 2.45) is 0 Å². The number of nitrogens with zero attached hydrogens (tertiary/aromatic N) is 1. The molecule has 33 heavy (non-hydrogen) atoms. The first kappa shape index (κ1) is 21.1. The molecule has 4 aromatic rings. The Labute approximate surface area is 192 Å². The van der Waals surface area contributed by atoms with E-state index in [0.29, 0.717) is 13.0 Å². The van der Waals surface area contributed by atoms with Gasteiger partial charge in [-0.05, 0) is 65.9 Å². The highest BCUT2D eigenvalue weighted by molar-refractivity contribution is 5.92. The van der Waals surface area contributed by atoms with E-state index in [1.54, 1.807) is 19.2 Å². The summed E-state index contributed by atoms with van der Waals surface area (Å²) in [5.41, 5.74) is 5.86. The highest BCUT2D eigenvalue weighted by Crippen LogP contribution is 2.39. The number of amides is 2. The van der Waals surface area contributed by atoms with E-state index in [1.807, 2.05) is 47.4 Å². The summed E-state index contributed by atoms with van der Waals surface area (Å²) < 4.78 is 19.1. The fourth-order valence-corrected chi connectivity index (χ4v) is 4.74. The Hall–Kier alpha value is -3.80. The molecule has 1 aliphatic rings. The summed E-state index contributed by atoms with van der Waals surface area (Å²) in [7, 11) is 1.65. The third-order valence-electron chi connectivity index (χ3n) is 6.42. The van der Waals surface area contributed by atoms with Crippen LogP contribution in [0.4, 0.5) is 14.9 Å². The van der Waals surface area contributed by atoms with Crippen LogP contribution in [0.3, 0.4) is 0 Å². The largest absolute Gasteiger partial charge is 0.497 e.